The Kier molecular flexibility index (Phi) is 12.8. The molecule has 0 aliphatic carbocycles. The van der Waals surface area contributed by atoms with Gasteiger partial charge in [0.25, 0.3) is 0 Å². The van der Waals surface area contributed by atoms with Crippen LogP contribution in [0.1, 0.15) is 0 Å². The Morgan fingerprint density at radius 2 is 0.644 bits per heavy atom. The SMILES string of the molecule is OC[C@@H]1O[C@@H](O[C@H]2[C@H](O)[C@@H](O)C(O)O[C@@H]2CO)[C@@H](O)[C@H](O)[C@H]1O[C@@H]1O[C@@H](CO)[C@H](O[C@H]2O[C@H](CO)[C@@H](O)[C@H](O)[C@H]2O)[C@@H](O)[C@@H]1O. The highest BCUT2D eigenvalue weighted by atomic mass is 16.8. The van der Waals surface area contributed by atoms with Gasteiger partial charge in [0.05, 0.1) is 26.4 Å². The predicted octanol–water partition coefficient (Wildman–Crippen LogP) is -9.75. The molecule has 264 valence electrons. The van der Waals surface area contributed by atoms with Crippen molar-refractivity contribution in [2.45, 2.75) is 123 Å². The summed E-state index contributed by atoms with van der Waals surface area (Å²) < 4.78 is 37.7. The topological polar surface area (TPSA) is 348 Å². The molecule has 0 amide bonds. The summed E-state index contributed by atoms with van der Waals surface area (Å²) in [4.78, 5) is 0. The molecule has 0 radical (unpaired) electrons. The number of aliphatic hydroxyl groups excluding tert-OH is 14. The van der Waals surface area contributed by atoms with Gasteiger partial charge in [-0.25, -0.2) is 0 Å². The third-order valence-corrected chi connectivity index (χ3v) is 8.20. The minimum absolute atomic E-state index is 0.784. The van der Waals surface area contributed by atoms with E-state index in [2.05, 4.69) is 0 Å². The van der Waals surface area contributed by atoms with Gasteiger partial charge in [-0.05, 0) is 0 Å². The highest BCUT2D eigenvalue weighted by Gasteiger charge is 2.55. The Morgan fingerprint density at radius 1 is 0.333 bits per heavy atom. The van der Waals surface area contributed by atoms with Crippen LogP contribution in [0.25, 0.3) is 0 Å². The Labute approximate surface area is 254 Å². The summed E-state index contributed by atoms with van der Waals surface area (Å²) in [5.41, 5.74) is 0. The largest absolute Gasteiger partial charge is 0.394 e. The van der Waals surface area contributed by atoms with Crippen molar-refractivity contribution in [2.24, 2.45) is 0 Å². The fraction of sp³-hybridized carbons (Fsp3) is 1.00. The van der Waals surface area contributed by atoms with Gasteiger partial charge in [0, 0.05) is 0 Å². The van der Waals surface area contributed by atoms with Crippen LogP contribution in [0, 0.1) is 0 Å². The van der Waals surface area contributed by atoms with E-state index in [1.807, 2.05) is 0 Å². The van der Waals surface area contributed by atoms with Crippen LogP contribution in [-0.2, 0) is 33.2 Å². The third kappa shape index (κ3) is 7.44. The van der Waals surface area contributed by atoms with Gasteiger partial charge in [-0.2, -0.15) is 0 Å². The molecule has 4 fully saturated rings. The molecule has 4 aliphatic heterocycles. The second-order valence-corrected chi connectivity index (χ2v) is 11.1. The summed E-state index contributed by atoms with van der Waals surface area (Å²) in [6.07, 6.45) is -35.3. The van der Waals surface area contributed by atoms with Crippen molar-refractivity contribution in [3.63, 3.8) is 0 Å². The van der Waals surface area contributed by atoms with Gasteiger partial charge in [-0.15, -0.1) is 0 Å². The lowest BCUT2D eigenvalue weighted by Crippen LogP contribution is -2.67. The smallest absolute Gasteiger partial charge is 0.187 e. The Bertz CT molecular complexity index is 910. The van der Waals surface area contributed by atoms with E-state index >= 15 is 0 Å². The molecule has 21 heteroatoms. The number of ether oxygens (including phenoxy) is 7. The van der Waals surface area contributed by atoms with E-state index in [-0.39, 0.29) is 0 Å². The lowest BCUT2D eigenvalue weighted by molar-refractivity contribution is -0.387. The minimum atomic E-state index is -2.02. The molecule has 1 unspecified atom stereocenters. The van der Waals surface area contributed by atoms with Gasteiger partial charge in [-0.3, -0.25) is 0 Å². The van der Waals surface area contributed by atoms with Crippen LogP contribution in [0.4, 0.5) is 0 Å². The van der Waals surface area contributed by atoms with Gasteiger partial charge in [0.2, 0.25) is 0 Å². The van der Waals surface area contributed by atoms with Crippen molar-refractivity contribution in [3.8, 4) is 0 Å². The lowest BCUT2D eigenvalue weighted by Gasteiger charge is -2.49. The molecule has 4 rings (SSSR count). The second-order valence-electron chi connectivity index (χ2n) is 11.1. The fourth-order valence-corrected chi connectivity index (χ4v) is 5.55. The van der Waals surface area contributed by atoms with Crippen molar-refractivity contribution in [1.82, 2.24) is 0 Å². The molecule has 0 aromatic heterocycles. The Balaban J connectivity index is 1.43. The molecular weight excluding hydrogens is 624 g/mol. The van der Waals surface area contributed by atoms with Crippen molar-refractivity contribution < 1.29 is 105 Å². The number of hydrogen-bond donors (Lipinski definition) is 14. The average molecular weight is 667 g/mol. The van der Waals surface area contributed by atoms with Gasteiger partial charge in [-0.1, -0.05) is 0 Å². The van der Waals surface area contributed by atoms with E-state index in [4.69, 9.17) is 33.2 Å². The van der Waals surface area contributed by atoms with E-state index in [1.165, 1.54) is 0 Å². The van der Waals surface area contributed by atoms with Crippen molar-refractivity contribution in [3.05, 3.63) is 0 Å². The zero-order valence-corrected chi connectivity index (χ0v) is 23.5. The standard InChI is InChI=1S/C24H42O21/c25-1-5-9(29)10(30)15(35)22(40-5)44-19-7(3-27)42-24(17(37)12(19)32)45-20-8(4-28)41-23(16(36)13(20)33)43-18-6(2-26)39-21(38)14(34)11(18)31/h5-38H,1-4H2/t5-,6-,7+,8+,9-,10+,11-,12+,13+,14-,15-,16+,17+,18-,19+,20+,21?,22-,23+,24+/m1/s1. The van der Waals surface area contributed by atoms with Gasteiger partial charge < -0.3 is 105 Å². The van der Waals surface area contributed by atoms with Crippen LogP contribution in [0.15, 0.2) is 0 Å². The Morgan fingerprint density at radius 3 is 1.02 bits per heavy atom. The molecule has 0 spiro atoms. The molecule has 0 aromatic carbocycles. The first kappa shape index (κ1) is 37.0. The van der Waals surface area contributed by atoms with Crippen LogP contribution in [0.5, 0.6) is 0 Å². The zero-order chi connectivity index (χ0) is 33.3. The van der Waals surface area contributed by atoms with E-state index < -0.39 is 149 Å². The number of hydrogen-bond acceptors (Lipinski definition) is 21. The first-order chi connectivity index (χ1) is 21.3. The monoisotopic (exact) mass is 666 g/mol. The summed E-state index contributed by atoms with van der Waals surface area (Å²) in [5.74, 6) is 0. The highest BCUT2D eigenvalue weighted by Crippen LogP contribution is 2.34. The lowest BCUT2D eigenvalue weighted by atomic mass is 9.95. The maximum Gasteiger partial charge on any atom is 0.187 e. The summed E-state index contributed by atoms with van der Waals surface area (Å²) >= 11 is 0. The summed E-state index contributed by atoms with van der Waals surface area (Å²) in [6.45, 7) is -3.39. The fourth-order valence-electron chi connectivity index (χ4n) is 5.55. The van der Waals surface area contributed by atoms with Gasteiger partial charge >= 0.3 is 0 Å². The van der Waals surface area contributed by atoms with E-state index in [0.717, 1.165) is 0 Å². The molecule has 0 bridgehead atoms. The predicted molar refractivity (Wildman–Crippen MR) is 134 cm³/mol. The summed E-state index contributed by atoms with van der Waals surface area (Å²) in [7, 11) is 0. The molecule has 0 saturated carbocycles. The minimum Gasteiger partial charge on any atom is -0.394 e. The van der Waals surface area contributed by atoms with Gasteiger partial charge in [0.1, 0.15) is 97.7 Å². The number of rotatable bonds is 10. The van der Waals surface area contributed by atoms with E-state index in [0.29, 0.717) is 0 Å². The first-order valence-electron chi connectivity index (χ1n) is 14.1. The molecule has 4 aliphatic rings. The maximum absolute atomic E-state index is 10.9. The summed E-state index contributed by atoms with van der Waals surface area (Å²) in [5, 5.41) is 142. The quantitative estimate of drug-likeness (QED) is 0.103. The molecule has 4 saturated heterocycles. The second kappa shape index (κ2) is 15.6. The van der Waals surface area contributed by atoms with Gasteiger partial charge in [0.15, 0.2) is 25.2 Å². The van der Waals surface area contributed by atoms with Crippen LogP contribution in [-0.4, -0.2) is 221 Å². The van der Waals surface area contributed by atoms with Crippen LogP contribution in [0.3, 0.4) is 0 Å². The Hall–Kier alpha value is -0.840. The normalized spacial score (nSPS) is 52.9. The van der Waals surface area contributed by atoms with Crippen LogP contribution in [0.2, 0.25) is 0 Å². The summed E-state index contributed by atoms with van der Waals surface area (Å²) in [6, 6.07) is 0. The number of aliphatic hydroxyl groups is 14. The van der Waals surface area contributed by atoms with Crippen LogP contribution >= 0.6 is 0 Å². The van der Waals surface area contributed by atoms with Crippen molar-refractivity contribution in [2.75, 3.05) is 26.4 Å². The molecule has 21 nitrogen and oxygen atoms in total. The molecule has 45 heavy (non-hydrogen) atoms. The zero-order valence-electron chi connectivity index (χ0n) is 23.5. The third-order valence-electron chi connectivity index (χ3n) is 8.20. The molecule has 0 aromatic rings. The van der Waals surface area contributed by atoms with E-state index in [1.54, 1.807) is 0 Å². The molecular formula is C24H42O21. The average Bonchev–Trinajstić information content (AvgIpc) is 3.03. The van der Waals surface area contributed by atoms with Crippen LogP contribution < -0.4 is 0 Å². The first-order valence-corrected chi connectivity index (χ1v) is 14.1. The molecule has 14 N–H and O–H groups in total. The molecule has 20 atom stereocenters. The van der Waals surface area contributed by atoms with Crippen molar-refractivity contribution >= 4 is 0 Å². The van der Waals surface area contributed by atoms with Crippen molar-refractivity contribution in [1.29, 1.82) is 0 Å². The molecule has 4 heterocycles. The highest BCUT2D eigenvalue weighted by molar-refractivity contribution is 4.97. The van der Waals surface area contributed by atoms with E-state index in [9.17, 15) is 71.5 Å². The maximum atomic E-state index is 10.9.